The van der Waals surface area contributed by atoms with E-state index in [4.69, 9.17) is 4.74 Å². The van der Waals surface area contributed by atoms with Crippen LogP contribution in [0.2, 0.25) is 0 Å². The molecule has 0 saturated carbocycles. The number of urea groups is 1. The fraction of sp³-hybridized carbons (Fsp3) is 0.526. The number of alkyl halides is 3. The molecule has 2 rings (SSSR count). The predicted molar refractivity (Wildman–Crippen MR) is 110 cm³/mol. The van der Waals surface area contributed by atoms with Gasteiger partial charge in [0.15, 0.2) is 0 Å². The summed E-state index contributed by atoms with van der Waals surface area (Å²) in [6.45, 7) is 3.93. The smallest absolute Gasteiger partial charge is 0.449 e. The summed E-state index contributed by atoms with van der Waals surface area (Å²) in [6, 6.07) is 3.67. The number of halogens is 3. The van der Waals surface area contributed by atoms with Gasteiger partial charge in [-0.1, -0.05) is 18.2 Å². The number of carbonyl (C=O) groups excluding carboxylic acids is 3. The van der Waals surface area contributed by atoms with Gasteiger partial charge in [0, 0.05) is 19.1 Å². The number of carbonyl (C=O) groups is 3. The molecule has 0 aromatic heterocycles. The summed E-state index contributed by atoms with van der Waals surface area (Å²) in [5.41, 5.74) is -6.49. The zero-order chi connectivity index (χ0) is 25.0. The Hall–Kier alpha value is -3.03. The largest absolute Gasteiger partial charge is 0.517 e. The molecule has 10 nitrogen and oxygen atoms in total. The number of benzene rings is 1. The summed E-state index contributed by atoms with van der Waals surface area (Å²) < 4.78 is 73.3. The highest BCUT2D eigenvalue weighted by Gasteiger charge is 2.53. The lowest BCUT2D eigenvalue weighted by molar-refractivity contribution is -0.0438. The van der Waals surface area contributed by atoms with Gasteiger partial charge in [-0.15, -0.1) is 0 Å². The van der Waals surface area contributed by atoms with E-state index in [9.17, 15) is 36.0 Å². The second-order valence-corrected chi connectivity index (χ2v) is 8.73. The fourth-order valence-electron chi connectivity index (χ4n) is 3.17. The lowest BCUT2D eigenvalue weighted by Gasteiger charge is -2.38. The number of sulfonamides is 1. The van der Waals surface area contributed by atoms with Crippen molar-refractivity contribution < 1.29 is 45.4 Å². The molecule has 0 radical (unpaired) electrons. The van der Waals surface area contributed by atoms with E-state index >= 15 is 0 Å². The van der Waals surface area contributed by atoms with Gasteiger partial charge in [0.1, 0.15) is 0 Å². The number of ether oxygens (including phenoxy) is 2. The van der Waals surface area contributed by atoms with Crippen LogP contribution >= 0.6 is 0 Å². The molecule has 1 aromatic rings. The van der Waals surface area contributed by atoms with E-state index in [1.165, 1.54) is 25.1 Å². The quantitative estimate of drug-likeness (QED) is 0.592. The molecule has 0 aliphatic carbocycles. The summed E-state index contributed by atoms with van der Waals surface area (Å²) in [6.07, 6.45) is -2.27. The van der Waals surface area contributed by atoms with Gasteiger partial charge >= 0.3 is 33.7 Å². The molecule has 33 heavy (non-hydrogen) atoms. The van der Waals surface area contributed by atoms with Crippen molar-refractivity contribution >= 4 is 33.9 Å². The zero-order valence-electron chi connectivity index (χ0n) is 18.2. The first-order valence-electron chi connectivity index (χ1n) is 9.97. The van der Waals surface area contributed by atoms with Gasteiger partial charge in [-0.25, -0.2) is 19.3 Å². The molecule has 14 heteroatoms. The highest BCUT2D eigenvalue weighted by Crippen LogP contribution is 2.34. The molecule has 0 bridgehead atoms. The van der Waals surface area contributed by atoms with Crippen molar-refractivity contribution in [3.63, 3.8) is 0 Å². The number of hydrogen-bond donors (Lipinski definition) is 0. The van der Waals surface area contributed by atoms with Crippen LogP contribution in [0.15, 0.2) is 24.3 Å². The van der Waals surface area contributed by atoms with E-state index in [1.54, 1.807) is 13.8 Å². The Morgan fingerprint density at radius 2 is 1.76 bits per heavy atom. The average molecular weight is 495 g/mol. The lowest BCUT2D eigenvalue weighted by atomic mass is 10.1. The van der Waals surface area contributed by atoms with Gasteiger partial charge in [0.05, 0.1) is 18.9 Å². The Bertz CT molecular complexity index is 1000. The third-order valence-corrected chi connectivity index (χ3v) is 6.15. The molecular weight excluding hydrogens is 471 g/mol. The lowest BCUT2D eigenvalue weighted by Crippen LogP contribution is -2.55. The topological polar surface area (TPSA) is 114 Å². The maximum Gasteiger partial charge on any atom is 0.517 e. The van der Waals surface area contributed by atoms with Gasteiger partial charge in [-0.05, 0) is 38.8 Å². The number of nitrogens with zero attached hydrogens (tertiary/aromatic N) is 3. The Morgan fingerprint density at radius 3 is 2.33 bits per heavy atom. The van der Waals surface area contributed by atoms with Crippen molar-refractivity contribution in [2.45, 2.75) is 45.3 Å². The van der Waals surface area contributed by atoms with Crippen molar-refractivity contribution in [3.8, 4) is 0 Å². The highest BCUT2D eigenvalue weighted by atomic mass is 32.2. The van der Waals surface area contributed by atoms with Gasteiger partial charge in [0.2, 0.25) is 0 Å². The first kappa shape index (κ1) is 26.2. The van der Waals surface area contributed by atoms with Gasteiger partial charge in [-0.3, -0.25) is 0 Å². The first-order valence-corrected chi connectivity index (χ1v) is 11.4. The Balaban J connectivity index is 2.47. The average Bonchev–Trinajstić information content (AvgIpc) is 2.71. The molecule has 1 atom stereocenters. The number of anilines is 1. The molecule has 1 heterocycles. The third-order valence-electron chi connectivity index (χ3n) is 4.74. The summed E-state index contributed by atoms with van der Waals surface area (Å²) in [5.74, 6) is 0. The molecule has 1 unspecified atom stereocenters. The third kappa shape index (κ3) is 5.49. The number of rotatable bonds is 6. The normalized spacial score (nSPS) is 17.0. The number of hydrogen-bond acceptors (Lipinski definition) is 7. The molecule has 1 fully saturated rings. The fourth-order valence-corrected chi connectivity index (χ4v) is 4.06. The van der Waals surface area contributed by atoms with Crippen LogP contribution in [-0.4, -0.2) is 67.7 Å². The highest BCUT2D eigenvalue weighted by molar-refractivity contribution is 7.94. The van der Waals surface area contributed by atoms with Crippen LogP contribution in [0, 0.1) is 0 Å². The van der Waals surface area contributed by atoms with E-state index in [2.05, 4.69) is 4.74 Å². The van der Waals surface area contributed by atoms with E-state index in [1.807, 2.05) is 0 Å². The minimum atomic E-state index is -6.16. The van der Waals surface area contributed by atoms with E-state index < -0.39 is 49.8 Å². The van der Waals surface area contributed by atoms with Crippen LogP contribution in [0.3, 0.4) is 0 Å². The monoisotopic (exact) mass is 495 g/mol. The first-order chi connectivity index (χ1) is 15.4. The maximum atomic E-state index is 13.3. The van der Waals surface area contributed by atoms with Crippen LogP contribution in [0.5, 0.6) is 0 Å². The molecule has 0 N–H and O–H groups in total. The van der Waals surface area contributed by atoms with E-state index in [-0.39, 0.29) is 31.9 Å². The molecule has 1 aliphatic rings. The summed E-state index contributed by atoms with van der Waals surface area (Å²) in [7, 11) is -6.16. The van der Waals surface area contributed by atoms with E-state index in [0.717, 1.165) is 15.9 Å². The van der Waals surface area contributed by atoms with Crippen LogP contribution in [0.4, 0.5) is 33.2 Å². The van der Waals surface area contributed by atoms with Crippen LogP contribution in [0.25, 0.3) is 0 Å². The molecular formula is C19H24F3N3O7S. The van der Waals surface area contributed by atoms with Gasteiger partial charge < -0.3 is 14.4 Å². The summed E-state index contributed by atoms with van der Waals surface area (Å²) in [4.78, 5) is 39.4. The van der Waals surface area contributed by atoms with Crippen molar-refractivity contribution in [2.24, 2.45) is 0 Å². The summed E-state index contributed by atoms with van der Waals surface area (Å²) in [5, 5.41) is 0. The minimum absolute atomic E-state index is 0.0297. The van der Waals surface area contributed by atoms with Crippen molar-refractivity contribution in [3.05, 3.63) is 29.8 Å². The molecule has 0 spiro atoms. The SMILES string of the molecule is CCOC(=O)N1C(=O)N(Cc2ccccc2N(C(=O)OCC)S(=O)(=O)C(F)(F)F)CCC1C. The molecule has 184 valence electrons. The van der Waals surface area contributed by atoms with Crippen LogP contribution in [-0.2, 0) is 26.0 Å². The van der Waals surface area contributed by atoms with Gasteiger partial charge in [0.25, 0.3) is 0 Å². The number of imide groups is 1. The standard InChI is InChI=1S/C19H24F3N3O7S/c1-4-31-17(27)24-13(3)10-11-23(16(24)26)12-14-8-6-7-9-15(14)25(18(28)32-5-2)33(29,30)19(20,21)22/h6-9,13H,4-5,10-12H2,1-3H3. The Kier molecular flexibility index (Phi) is 8.16. The minimum Gasteiger partial charge on any atom is -0.449 e. The number of amides is 4. The van der Waals surface area contributed by atoms with Crippen molar-refractivity contribution in [2.75, 3.05) is 24.1 Å². The van der Waals surface area contributed by atoms with Crippen molar-refractivity contribution in [1.82, 2.24) is 9.80 Å². The predicted octanol–water partition coefficient (Wildman–Crippen LogP) is 3.67. The Labute approximate surface area is 188 Å². The number of para-hydroxylation sites is 1. The van der Waals surface area contributed by atoms with Crippen LogP contribution < -0.4 is 4.31 Å². The molecule has 1 aliphatic heterocycles. The zero-order valence-corrected chi connectivity index (χ0v) is 19.0. The van der Waals surface area contributed by atoms with E-state index in [0.29, 0.717) is 6.42 Å². The second-order valence-electron chi connectivity index (χ2n) is 6.95. The maximum absolute atomic E-state index is 13.3. The second kappa shape index (κ2) is 10.3. The van der Waals surface area contributed by atoms with Crippen molar-refractivity contribution in [1.29, 1.82) is 0 Å². The molecule has 1 saturated heterocycles. The Morgan fingerprint density at radius 1 is 1.15 bits per heavy atom. The van der Waals surface area contributed by atoms with Gasteiger partial charge in [-0.2, -0.15) is 25.9 Å². The molecule has 4 amide bonds. The van der Waals surface area contributed by atoms with Crippen LogP contribution in [0.1, 0.15) is 32.8 Å². The summed E-state index contributed by atoms with van der Waals surface area (Å²) >= 11 is 0. The molecule has 1 aromatic carbocycles.